The van der Waals surface area contributed by atoms with E-state index in [9.17, 15) is 18.0 Å². The number of rotatable bonds is 5. The number of nitrogens with one attached hydrogen (secondary N) is 1. The van der Waals surface area contributed by atoms with Crippen LogP contribution >= 0.6 is 0 Å². The Bertz CT molecular complexity index is 1640. The largest absolute Gasteiger partial charge is 0.416 e. The Labute approximate surface area is 205 Å². The van der Waals surface area contributed by atoms with Crippen LogP contribution in [-0.2, 0) is 11.0 Å². The zero-order valence-electron chi connectivity index (χ0n) is 19.2. The highest BCUT2D eigenvalue weighted by Crippen LogP contribution is 2.36. The number of anilines is 2. The summed E-state index contributed by atoms with van der Waals surface area (Å²) in [6.45, 7) is 1.43. The molecule has 0 aliphatic carbocycles. The van der Waals surface area contributed by atoms with Crippen molar-refractivity contribution in [2.45, 2.75) is 13.1 Å². The molecule has 5 aromatic rings. The minimum absolute atomic E-state index is 0.156. The van der Waals surface area contributed by atoms with Gasteiger partial charge >= 0.3 is 6.18 Å². The Morgan fingerprint density at radius 1 is 0.861 bits per heavy atom. The lowest BCUT2D eigenvalue weighted by atomic mass is 10.0. The van der Waals surface area contributed by atoms with E-state index >= 15 is 0 Å². The van der Waals surface area contributed by atoms with Crippen LogP contribution in [0.15, 0.2) is 91.3 Å². The third-order valence-corrected chi connectivity index (χ3v) is 5.78. The first-order valence-corrected chi connectivity index (χ1v) is 11.2. The highest BCUT2D eigenvalue weighted by molar-refractivity contribution is 6.01. The van der Waals surface area contributed by atoms with Crippen molar-refractivity contribution in [3.05, 3.63) is 102 Å². The van der Waals surface area contributed by atoms with Gasteiger partial charge in [0, 0.05) is 40.0 Å². The predicted octanol–water partition coefficient (Wildman–Crippen LogP) is 7.81. The fourth-order valence-corrected chi connectivity index (χ4v) is 4.01. The predicted molar refractivity (Wildman–Crippen MR) is 137 cm³/mol. The second-order valence-electron chi connectivity index (χ2n) is 8.38. The number of aromatic nitrogens is 2. The van der Waals surface area contributed by atoms with E-state index in [1.165, 1.54) is 19.1 Å². The standard InChI is InChI=1S/C29H20F3N3O/c1-18(36)9-10-21-16-34-27-12-11-19(22-13-20-5-2-3-8-26(20)33-17-22)14-25(27)28(21)35-24-7-4-6-23(15-24)29(30,31)32/h2-17H,1H3,(H,34,35)/b10-9+. The van der Waals surface area contributed by atoms with E-state index in [1.807, 2.05) is 48.5 Å². The van der Waals surface area contributed by atoms with E-state index < -0.39 is 11.7 Å². The van der Waals surface area contributed by atoms with Crippen LogP contribution < -0.4 is 5.32 Å². The Balaban J connectivity index is 1.67. The first-order chi connectivity index (χ1) is 17.3. The highest BCUT2D eigenvalue weighted by Gasteiger charge is 2.30. The molecule has 0 aliphatic rings. The molecule has 1 N–H and O–H groups in total. The van der Waals surface area contributed by atoms with Gasteiger partial charge in [0.1, 0.15) is 0 Å². The maximum atomic E-state index is 13.3. The molecule has 178 valence electrons. The Morgan fingerprint density at radius 3 is 2.47 bits per heavy atom. The Morgan fingerprint density at radius 2 is 1.67 bits per heavy atom. The molecule has 0 aliphatic heterocycles. The molecule has 2 aromatic heterocycles. The molecule has 0 saturated heterocycles. The lowest BCUT2D eigenvalue weighted by Gasteiger charge is -2.15. The van der Waals surface area contributed by atoms with Gasteiger partial charge in [0.15, 0.2) is 5.78 Å². The van der Waals surface area contributed by atoms with Crippen molar-refractivity contribution in [2.24, 2.45) is 0 Å². The topological polar surface area (TPSA) is 54.9 Å². The third kappa shape index (κ3) is 4.81. The smallest absolute Gasteiger partial charge is 0.354 e. The minimum atomic E-state index is -4.47. The molecule has 3 aromatic carbocycles. The summed E-state index contributed by atoms with van der Waals surface area (Å²) in [6, 6.07) is 20.6. The van der Waals surface area contributed by atoms with E-state index in [2.05, 4.69) is 15.3 Å². The van der Waals surface area contributed by atoms with Crippen LogP contribution in [-0.4, -0.2) is 15.8 Å². The van der Waals surface area contributed by atoms with Crippen molar-refractivity contribution in [1.29, 1.82) is 0 Å². The van der Waals surface area contributed by atoms with Crippen molar-refractivity contribution < 1.29 is 18.0 Å². The third-order valence-electron chi connectivity index (χ3n) is 5.78. The van der Waals surface area contributed by atoms with Gasteiger partial charge in [-0.05, 0) is 67.1 Å². The molecule has 4 nitrogen and oxygen atoms in total. The van der Waals surface area contributed by atoms with Crippen molar-refractivity contribution >= 4 is 45.0 Å². The average molecular weight is 483 g/mol. The van der Waals surface area contributed by atoms with Gasteiger partial charge in [-0.25, -0.2) is 0 Å². The molecule has 0 amide bonds. The van der Waals surface area contributed by atoms with Crippen LogP contribution in [0.3, 0.4) is 0 Å². The lowest BCUT2D eigenvalue weighted by Crippen LogP contribution is -2.05. The van der Waals surface area contributed by atoms with E-state index in [-0.39, 0.29) is 11.5 Å². The van der Waals surface area contributed by atoms with Gasteiger partial charge in [0.05, 0.1) is 22.3 Å². The van der Waals surface area contributed by atoms with Crippen molar-refractivity contribution in [2.75, 3.05) is 5.32 Å². The summed E-state index contributed by atoms with van der Waals surface area (Å²) in [5, 5.41) is 4.83. The fourth-order valence-electron chi connectivity index (χ4n) is 4.01. The molecule has 0 saturated carbocycles. The van der Waals surface area contributed by atoms with Gasteiger partial charge in [0.25, 0.3) is 0 Å². The molecule has 0 bridgehead atoms. The molecule has 0 radical (unpaired) electrons. The Hall–Kier alpha value is -4.52. The SMILES string of the molecule is CC(=O)/C=C/c1cnc2ccc(-c3cnc4ccccc4c3)cc2c1Nc1cccc(C(F)(F)F)c1. The minimum Gasteiger partial charge on any atom is -0.354 e. The first kappa shape index (κ1) is 23.2. The number of carbonyl (C=O) groups excluding carboxylic acids is 1. The molecule has 0 fully saturated rings. The van der Waals surface area contributed by atoms with Gasteiger partial charge in [0.2, 0.25) is 0 Å². The number of ketones is 1. The maximum absolute atomic E-state index is 13.3. The summed E-state index contributed by atoms with van der Waals surface area (Å²) >= 11 is 0. The number of hydrogen-bond acceptors (Lipinski definition) is 4. The molecular weight excluding hydrogens is 463 g/mol. The molecular formula is C29H20F3N3O. The van der Waals surface area contributed by atoms with Crippen LogP contribution in [0.5, 0.6) is 0 Å². The van der Waals surface area contributed by atoms with Crippen LogP contribution in [0, 0.1) is 0 Å². The van der Waals surface area contributed by atoms with E-state index in [0.717, 1.165) is 34.2 Å². The molecule has 2 heterocycles. The molecule has 0 unspecified atom stereocenters. The number of halogens is 3. The molecule has 0 spiro atoms. The second kappa shape index (κ2) is 9.26. The number of para-hydroxylation sites is 1. The van der Waals surface area contributed by atoms with Gasteiger partial charge in [-0.2, -0.15) is 13.2 Å². The van der Waals surface area contributed by atoms with E-state index in [1.54, 1.807) is 24.5 Å². The number of allylic oxidation sites excluding steroid dienone is 1. The molecule has 0 atom stereocenters. The number of alkyl halides is 3. The lowest BCUT2D eigenvalue weighted by molar-refractivity contribution is -0.137. The molecule has 5 rings (SSSR count). The van der Waals surface area contributed by atoms with Crippen molar-refractivity contribution in [1.82, 2.24) is 9.97 Å². The summed E-state index contributed by atoms with van der Waals surface area (Å²) in [5.74, 6) is -0.156. The van der Waals surface area contributed by atoms with Gasteiger partial charge < -0.3 is 5.32 Å². The van der Waals surface area contributed by atoms with Crippen molar-refractivity contribution in [3.63, 3.8) is 0 Å². The van der Waals surface area contributed by atoms with Gasteiger partial charge in [-0.1, -0.05) is 30.3 Å². The summed E-state index contributed by atoms with van der Waals surface area (Å²) in [5.41, 5.74) is 3.94. The summed E-state index contributed by atoms with van der Waals surface area (Å²) < 4.78 is 39.9. The summed E-state index contributed by atoms with van der Waals surface area (Å²) in [7, 11) is 0. The number of nitrogens with zero attached hydrogens (tertiary/aromatic N) is 2. The highest BCUT2D eigenvalue weighted by atomic mass is 19.4. The zero-order valence-corrected chi connectivity index (χ0v) is 19.2. The van der Waals surface area contributed by atoms with E-state index in [0.29, 0.717) is 22.2 Å². The van der Waals surface area contributed by atoms with Crippen LogP contribution in [0.25, 0.3) is 39.0 Å². The number of benzene rings is 3. The van der Waals surface area contributed by atoms with Crippen LogP contribution in [0.1, 0.15) is 18.1 Å². The summed E-state index contributed by atoms with van der Waals surface area (Å²) in [4.78, 5) is 20.6. The number of fused-ring (bicyclic) bond motifs is 2. The van der Waals surface area contributed by atoms with Crippen LogP contribution in [0.4, 0.5) is 24.5 Å². The van der Waals surface area contributed by atoms with E-state index in [4.69, 9.17) is 0 Å². The van der Waals surface area contributed by atoms with Crippen LogP contribution in [0.2, 0.25) is 0 Å². The van der Waals surface area contributed by atoms with Gasteiger partial charge in [-0.15, -0.1) is 0 Å². The molecule has 36 heavy (non-hydrogen) atoms. The quantitative estimate of drug-likeness (QED) is 0.259. The number of pyridine rings is 2. The number of carbonyl (C=O) groups is 1. The average Bonchev–Trinajstić information content (AvgIpc) is 2.87. The number of hydrogen-bond donors (Lipinski definition) is 1. The van der Waals surface area contributed by atoms with Crippen molar-refractivity contribution in [3.8, 4) is 11.1 Å². The zero-order chi connectivity index (χ0) is 25.3. The second-order valence-corrected chi connectivity index (χ2v) is 8.38. The normalized spacial score (nSPS) is 11.9. The van der Waals surface area contributed by atoms with Gasteiger partial charge in [-0.3, -0.25) is 14.8 Å². The molecule has 7 heteroatoms. The fraction of sp³-hybridized carbons (Fsp3) is 0.0690. The monoisotopic (exact) mass is 483 g/mol. The summed E-state index contributed by atoms with van der Waals surface area (Å²) in [6.07, 6.45) is 1.92. The Kier molecular flexibility index (Phi) is 5.98. The maximum Gasteiger partial charge on any atom is 0.416 e. The first-order valence-electron chi connectivity index (χ1n) is 11.2.